The van der Waals surface area contributed by atoms with Crippen molar-refractivity contribution in [2.24, 2.45) is 0 Å². The number of oxazole rings is 1. The lowest BCUT2D eigenvalue weighted by atomic mass is 10.3. The van der Waals surface area contributed by atoms with E-state index in [9.17, 15) is 0 Å². The second kappa shape index (κ2) is 3.67. The lowest BCUT2D eigenvalue weighted by molar-refractivity contribution is 0.311. The molecule has 0 saturated heterocycles. The molecule has 2 rings (SSSR count). The highest BCUT2D eigenvalue weighted by molar-refractivity contribution is 5.77. The molecule has 1 aromatic heterocycles. The fourth-order valence-corrected chi connectivity index (χ4v) is 1.35. The topological polar surface area (TPSA) is 58.3 Å². The van der Waals surface area contributed by atoms with Crippen LogP contribution >= 0.6 is 0 Å². The van der Waals surface area contributed by atoms with Gasteiger partial charge in [0.05, 0.1) is 6.61 Å². The minimum Gasteiger partial charge on any atom is -0.441 e. The molecule has 4 nitrogen and oxygen atoms in total. The Morgan fingerprint density at radius 2 is 2.36 bits per heavy atom. The molecule has 2 aromatic rings. The lowest BCUT2D eigenvalue weighted by Gasteiger charge is -2.02. The van der Waals surface area contributed by atoms with E-state index in [0.717, 1.165) is 16.8 Å². The van der Waals surface area contributed by atoms with Crippen molar-refractivity contribution in [1.82, 2.24) is 4.98 Å². The first-order chi connectivity index (χ1) is 6.79. The number of aliphatic hydroxyl groups is 1. The number of aromatic nitrogens is 1. The van der Waals surface area contributed by atoms with Crippen molar-refractivity contribution in [3.05, 3.63) is 24.1 Å². The quantitative estimate of drug-likeness (QED) is 0.774. The van der Waals surface area contributed by atoms with Crippen molar-refractivity contribution < 1.29 is 9.52 Å². The molecule has 0 spiro atoms. The lowest BCUT2D eigenvalue weighted by Crippen LogP contribution is -2.04. The van der Waals surface area contributed by atoms with Crippen LogP contribution in [0.3, 0.4) is 0 Å². The van der Waals surface area contributed by atoms with Gasteiger partial charge < -0.3 is 14.8 Å². The Morgan fingerprint density at radius 3 is 3.14 bits per heavy atom. The van der Waals surface area contributed by atoms with Crippen LogP contribution in [0.5, 0.6) is 0 Å². The van der Waals surface area contributed by atoms with Crippen LogP contribution in [0.1, 0.15) is 5.89 Å². The average molecular weight is 192 g/mol. The molecule has 0 unspecified atom stereocenters. The maximum Gasteiger partial charge on any atom is 0.192 e. The van der Waals surface area contributed by atoms with Gasteiger partial charge in [-0.25, -0.2) is 4.98 Å². The summed E-state index contributed by atoms with van der Waals surface area (Å²) in [6, 6.07) is 5.69. The van der Waals surface area contributed by atoms with Gasteiger partial charge in [0.2, 0.25) is 0 Å². The van der Waals surface area contributed by atoms with E-state index in [2.05, 4.69) is 10.3 Å². The monoisotopic (exact) mass is 192 g/mol. The van der Waals surface area contributed by atoms with E-state index in [4.69, 9.17) is 9.52 Å². The van der Waals surface area contributed by atoms with Gasteiger partial charge in [0.1, 0.15) is 5.52 Å². The van der Waals surface area contributed by atoms with Crippen molar-refractivity contribution in [2.75, 3.05) is 18.5 Å². The number of nitrogens with zero attached hydrogens (tertiary/aromatic N) is 1. The largest absolute Gasteiger partial charge is 0.441 e. The molecule has 0 aliphatic carbocycles. The molecule has 2 N–H and O–H groups in total. The zero-order valence-corrected chi connectivity index (χ0v) is 7.95. The van der Waals surface area contributed by atoms with E-state index >= 15 is 0 Å². The minimum absolute atomic E-state index is 0.119. The highest BCUT2D eigenvalue weighted by atomic mass is 16.3. The molecule has 0 aliphatic heterocycles. The Morgan fingerprint density at radius 1 is 1.50 bits per heavy atom. The number of aliphatic hydroxyl groups excluding tert-OH is 1. The number of benzene rings is 1. The number of rotatable bonds is 3. The summed E-state index contributed by atoms with van der Waals surface area (Å²) in [6.07, 6.45) is 0. The Labute approximate surface area is 81.6 Å². The fraction of sp³-hybridized carbons (Fsp3) is 0.300. The van der Waals surface area contributed by atoms with E-state index in [1.165, 1.54) is 0 Å². The highest BCUT2D eigenvalue weighted by Gasteiger charge is 2.02. The Hall–Kier alpha value is -1.55. The molecule has 0 atom stereocenters. The maximum atomic E-state index is 8.65. The van der Waals surface area contributed by atoms with Crippen LogP contribution in [0.15, 0.2) is 22.6 Å². The summed E-state index contributed by atoms with van der Waals surface area (Å²) in [5, 5.41) is 11.7. The third kappa shape index (κ3) is 1.70. The molecule has 4 heteroatoms. The van der Waals surface area contributed by atoms with Crippen molar-refractivity contribution in [1.29, 1.82) is 0 Å². The smallest absolute Gasteiger partial charge is 0.192 e. The summed E-state index contributed by atoms with van der Waals surface area (Å²) in [5.41, 5.74) is 2.56. The second-order valence-electron chi connectivity index (χ2n) is 3.07. The summed E-state index contributed by atoms with van der Waals surface area (Å²) in [7, 11) is 0. The zero-order chi connectivity index (χ0) is 9.97. The van der Waals surface area contributed by atoms with Gasteiger partial charge in [0.15, 0.2) is 11.5 Å². The van der Waals surface area contributed by atoms with E-state index in [1.807, 2.05) is 25.1 Å². The Balaban J connectivity index is 2.31. The van der Waals surface area contributed by atoms with Crippen LogP contribution in [0.25, 0.3) is 11.1 Å². The van der Waals surface area contributed by atoms with Gasteiger partial charge >= 0.3 is 0 Å². The van der Waals surface area contributed by atoms with Crippen LogP contribution < -0.4 is 5.32 Å². The Bertz CT molecular complexity index is 437. The van der Waals surface area contributed by atoms with Gasteiger partial charge in [0, 0.05) is 25.2 Å². The van der Waals surface area contributed by atoms with Gasteiger partial charge in [0.25, 0.3) is 0 Å². The highest BCUT2D eigenvalue weighted by Crippen LogP contribution is 2.19. The molecule has 0 fully saturated rings. The maximum absolute atomic E-state index is 8.65. The predicted octanol–water partition coefficient (Wildman–Crippen LogP) is 1.54. The number of hydrogen-bond acceptors (Lipinski definition) is 4. The number of anilines is 1. The van der Waals surface area contributed by atoms with Crippen LogP contribution in [-0.2, 0) is 0 Å². The molecule has 1 aromatic carbocycles. The first kappa shape index (κ1) is 9.02. The van der Waals surface area contributed by atoms with E-state index in [0.29, 0.717) is 12.4 Å². The minimum atomic E-state index is 0.119. The van der Waals surface area contributed by atoms with Crippen molar-refractivity contribution in [3.63, 3.8) is 0 Å². The zero-order valence-electron chi connectivity index (χ0n) is 7.95. The molecule has 0 aliphatic rings. The number of nitrogens with one attached hydrogen (secondary N) is 1. The van der Waals surface area contributed by atoms with Crippen molar-refractivity contribution in [3.8, 4) is 0 Å². The van der Waals surface area contributed by atoms with Crippen LogP contribution in [0, 0.1) is 6.92 Å². The third-order valence-corrected chi connectivity index (χ3v) is 1.94. The van der Waals surface area contributed by atoms with Gasteiger partial charge in [-0.05, 0) is 12.1 Å². The summed E-state index contributed by atoms with van der Waals surface area (Å²) >= 11 is 0. The summed E-state index contributed by atoms with van der Waals surface area (Å²) in [5.74, 6) is 0.666. The van der Waals surface area contributed by atoms with Crippen LogP contribution in [0.2, 0.25) is 0 Å². The third-order valence-electron chi connectivity index (χ3n) is 1.94. The summed E-state index contributed by atoms with van der Waals surface area (Å²) < 4.78 is 5.37. The predicted molar refractivity (Wildman–Crippen MR) is 54.3 cm³/mol. The molecule has 14 heavy (non-hydrogen) atoms. The molecule has 0 bridgehead atoms. The second-order valence-corrected chi connectivity index (χ2v) is 3.07. The SMILES string of the molecule is Cc1nc2ccc(NCCO)cc2o1. The average Bonchev–Trinajstić information content (AvgIpc) is 2.54. The van der Waals surface area contributed by atoms with Gasteiger partial charge in [-0.1, -0.05) is 0 Å². The first-order valence-electron chi connectivity index (χ1n) is 4.51. The van der Waals surface area contributed by atoms with Crippen molar-refractivity contribution in [2.45, 2.75) is 6.92 Å². The Kier molecular flexibility index (Phi) is 2.37. The molecule has 0 radical (unpaired) electrons. The van der Waals surface area contributed by atoms with Crippen LogP contribution in [-0.4, -0.2) is 23.2 Å². The molecular formula is C10H12N2O2. The van der Waals surface area contributed by atoms with E-state index < -0.39 is 0 Å². The van der Waals surface area contributed by atoms with Crippen LogP contribution in [0.4, 0.5) is 5.69 Å². The standard InChI is InChI=1S/C10H12N2O2/c1-7-12-9-3-2-8(11-4-5-13)6-10(9)14-7/h2-3,6,11,13H,4-5H2,1H3. The first-order valence-corrected chi connectivity index (χ1v) is 4.51. The summed E-state index contributed by atoms with van der Waals surface area (Å²) in [6.45, 7) is 2.48. The number of hydrogen-bond donors (Lipinski definition) is 2. The van der Waals surface area contributed by atoms with E-state index in [1.54, 1.807) is 0 Å². The van der Waals surface area contributed by atoms with Gasteiger partial charge in [-0.2, -0.15) is 0 Å². The summed E-state index contributed by atoms with van der Waals surface area (Å²) in [4.78, 5) is 4.19. The van der Waals surface area contributed by atoms with Crippen molar-refractivity contribution >= 4 is 16.8 Å². The molecular weight excluding hydrogens is 180 g/mol. The van der Waals surface area contributed by atoms with Gasteiger partial charge in [-0.15, -0.1) is 0 Å². The molecule has 0 amide bonds. The fourth-order valence-electron chi connectivity index (χ4n) is 1.35. The number of fused-ring (bicyclic) bond motifs is 1. The van der Waals surface area contributed by atoms with Gasteiger partial charge in [-0.3, -0.25) is 0 Å². The molecule has 1 heterocycles. The number of aryl methyl sites for hydroxylation is 1. The van der Waals surface area contributed by atoms with E-state index in [-0.39, 0.29) is 6.61 Å². The molecule has 74 valence electrons. The normalized spacial score (nSPS) is 10.7. The molecule has 0 saturated carbocycles.